The van der Waals surface area contributed by atoms with Gasteiger partial charge in [-0.1, -0.05) is 35.9 Å². The fourth-order valence-corrected chi connectivity index (χ4v) is 2.38. The number of esters is 1. The molecule has 110 valence electrons. The van der Waals surface area contributed by atoms with E-state index < -0.39 is 0 Å². The molecule has 0 saturated heterocycles. The molecule has 0 saturated carbocycles. The minimum absolute atomic E-state index is 0.249. The molecule has 0 bridgehead atoms. The first-order chi connectivity index (χ1) is 9.91. The lowest BCUT2D eigenvalue weighted by atomic mass is 9.96. The number of allylic oxidation sites excluding steroid dienone is 2. The average Bonchev–Trinajstić information content (AvgIpc) is 2.43. The van der Waals surface area contributed by atoms with Gasteiger partial charge < -0.3 is 9.84 Å². The number of hydrogen-bond donors (Lipinski definition) is 1. The van der Waals surface area contributed by atoms with E-state index in [1.807, 2.05) is 45.0 Å². The summed E-state index contributed by atoms with van der Waals surface area (Å²) in [4.78, 5) is 11.4. The topological polar surface area (TPSA) is 46.5 Å². The van der Waals surface area contributed by atoms with Crippen molar-refractivity contribution >= 4 is 16.7 Å². The number of aromatic hydroxyl groups is 1. The predicted octanol–water partition coefficient (Wildman–Crippen LogP) is 4.29. The Kier molecular flexibility index (Phi) is 4.32. The molecular weight excluding hydrogens is 264 g/mol. The van der Waals surface area contributed by atoms with Crippen molar-refractivity contribution in [1.29, 1.82) is 0 Å². The third-order valence-corrected chi connectivity index (χ3v) is 3.47. The molecular formula is C18H20O3. The fourth-order valence-electron chi connectivity index (χ4n) is 2.38. The van der Waals surface area contributed by atoms with E-state index in [1.54, 1.807) is 0 Å². The minimum atomic E-state index is -0.358. The van der Waals surface area contributed by atoms with Crippen LogP contribution in [0.4, 0.5) is 0 Å². The van der Waals surface area contributed by atoms with Crippen LogP contribution in [0, 0.1) is 6.92 Å². The number of carbonyl (C=O) groups excluding carboxylic acids is 1. The van der Waals surface area contributed by atoms with E-state index in [2.05, 4.69) is 6.08 Å². The van der Waals surface area contributed by atoms with E-state index >= 15 is 0 Å². The average molecular weight is 284 g/mol. The van der Waals surface area contributed by atoms with Crippen molar-refractivity contribution in [2.75, 3.05) is 0 Å². The van der Waals surface area contributed by atoms with Crippen molar-refractivity contribution in [2.24, 2.45) is 0 Å². The first kappa shape index (κ1) is 15.1. The van der Waals surface area contributed by atoms with Gasteiger partial charge in [-0.2, -0.15) is 0 Å². The first-order valence-electron chi connectivity index (χ1n) is 6.96. The van der Waals surface area contributed by atoms with E-state index in [0.717, 1.165) is 16.5 Å². The molecule has 3 nitrogen and oxygen atoms in total. The molecule has 2 rings (SSSR count). The van der Waals surface area contributed by atoms with Gasteiger partial charge in [-0.15, -0.1) is 0 Å². The highest BCUT2D eigenvalue weighted by Gasteiger charge is 2.18. The van der Waals surface area contributed by atoms with Crippen molar-refractivity contribution in [3.05, 3.63) is 47.0 Å². The molecule has 0 aliphatic rings. The second kappa shape index (κ2) is 6.00. The maximum atomic E-state index is 11.4. The highest BCUT2D eigenvalue weighted by atomic mass is 16.5. The molecule has 0 heterocycles. The SMILES string of the molecule is CC(=O)Oc1c(CC=C(C)C)c(C)c(O)c2ccccc12. The molecule has 21 heavy (non-hydrogen) atoms. The third kappa shape index (κ3) is 3.07. The standard InChI is InChI=1S/C18H20O3/c1-11(2)9-10-14-12(3)17(20)15-7-5-6-8-16(15)18(14)21-13(4)19/h5-9,20H,10H2,1-4H3. The van der Waals surface area contributed by atoms with E-state index in [0.29, 0.717) is 17.6 Å². The van der Waals surface area contributed by atoms with Gasteiger partial charge in [0.15, 0.2) is 0 Å². The molecule has 0 amide bonds. The monoisotopic (exact) mass is 284 g/mol. The quantitative estimate of drug-likeness (QED) is 0.519. The van der Waals surface area contributed by atoms with E-state index in [9.17, 15) is 9.90 Å². The Balaban J connectivity index is 2.77. The number of benzene rings is 2. The summed E-state index contributed by atoms with van der Waals surface area (Å²) in [5.74, 6) is 0.438. The van der Waals surface area contributed by atoms with E-state index in [1.165, 1.54) is 12.5 Å². The van der Waals surface area contributed by atoms with Crippen LogP contribution in [0.15, 0.2) is 35.9 Å². The van der Waals surface area contributed by atoms with Crippen LogP contribution in [-0.4, -0.2) is 11.1 Å². The van der Waals surface area contributed by atoms with Crippen LogP contribution in [0.2, 0.25) is 0 Å². The lowest BCUT2D eigenvalue weighted by Gasteiger charge is -2.16. The summed E-state index contributed by atoms with van der Waals surface area (Å²) in [5, 5.41) is 11.9. The van der Waals surface area contributed by atoms with Crippen molar-refractivity contribution in [1.82, 2.24) is 0 Å². The Morgan fingerprint density at radius 2 is 1.81 bits per heavy atom. The first-order valence-corrected chi connectivity index (χ1v) is 6.96. The third-order valence-electron chi connectivity index (χ3n) is 3.47. The Morgan fingerprint density at radius 1 is 1.19 bits per heavy atom. The summed E-state index contributed by atoms with van der Waals surface area (Å²) < 4.78 is 5.45. The van der Waals surface area contributed by atoms with Gasteiger partial charge >= 0.3 is 5.97 Å². The number of phenolic OH excluding ortho intramolecular Hbond substituents is 1. The van der Waals surface area contributed by atoms with Crippen LogP contribution in [0.1, 0.15) is 31.9 Å². The molecule has 0 aliphatic heterocycles. The van der Waals surface area contributed by atoms with Crippen LogP contribution < -0.4 is 4.74 Å². The Bertz CT molecular complexity index is 723. The number of hydrogen-bond acceptors (Lipinski definition) is 3. The van der Waals surface area contributed by atoms with Gasteiger partial charge in [0.05, 0.1) is 0 Å². The second-order valence-corrected chi connectivity index (χ2v) is 5.41. The Labute approximate surface area is 124 Å². The molecule has 2 aromatic carbocycles. The van der Waals surface area contributed by atoms with Crippen LogP contribution >= 0.6 is 0 Å². The van der Waals surface area contributed by atoms with Gasteiger partial charge in [-0.3, -0.25) is 4.79 Å². The largest absolute Gasteiger partial charge is 0.507 e. The summed E-state index contributed by atoms with van der Waals surface area (Å²) in [6.07, 6.45) is 2.68. The Morgan fingerprint density at radius 3 is 2.38 bits per heavy atom. The van der Waals surface area contributed by atoms with Gasteiger partial charge in [0, 0.05) is 23.3 Å². The van der Waals surface area contributed by atoms with Crippen molar-refractivity contribution in [3.8, 4) is 11.5 Å². The van der Waals surface area contributed by atoms with E-state index in [4.69, 9.17) is 4.74 Å². The molecule has 0 radical (unpaired) electrons. The van der Waals surface area contributed by atoms with Crippen molar-refractivity contribution < 1.29 is 14.6 Å². The highest BCUT2D eigenvalue weighted by Crippen LogP contribution is 2.40. The number of carbonyl (C=O) groups is 1. The van der Waals surface area contributed by atoms with Gasteiger partial charge in [-0.05, 0) is 32.8 Å². The number of phenols is 1. The smallest absolute Gasteiger partial charge is 0.308 e. The zero-order chi connectivity index (χ0) is 15.6. The van der Waals surface area contributed by atoms with Crippen LogP contribution in [0.5, 0.6) is 11.5 Å². The maximum absolute atomic E-state index is 11.4. The van der Waals surface area contributed by atoms with Crippen molar-refractivity contribution in [3.63, 3.8) is 0 Å². The zero-order valence-corrected chi connectivity index (χ0v) is 12.9. The normalized spacial score (nSPS) is 10.5. The van der Waals surface area contributed by atoms with Gasteiger partial charge in [0.25, 0.3) is 0 Å². The number of rotatable bonds is 3. The fraction of sp³-hybridized carbons (Fsp3) is 0.278. The maximum Gasteiger partial charge on any atom is 0.308 e. The molecule has 0 atom stereocenters. The molecule has 3 heteroatoms. The van der Waals surface area contributed by atoms with Gasteiger partial charge in [-0.25, -0.2) is 0 Å². The molecule has 2 aromatic rings. The summed E-state index contributed by atoms with van der Waals surface area (Å²) >= 11 is 0. The van der Waals surface area contributed by atoms with Gasteiger partial charge in [0.2, 0.25) is 0 Å². The minimum Gasteiger partial charge on any atom is -0.507 e. The summed E-state index contributed by atoms with van der Waals surface area (Å²) in [7, 11) is 0. The van der Waals surface area contributed by atoms with E-state index in [-0.39, 0.29) is 11.7 Å². The number of ether oxygens (including phenoxy) is 1. The zero-order valence-electron chi connectivity index (χ0n) is 12.9. The van der Waals surface area contributed by atoms with Gasteiger partial charge in [0.1, 0.15) is 11.5 Å². The molecule has 0 aromatic heterocycles. The summed E-state index contributed by atoms with van der Waals surface area (Å²) in [6.45, 7) is 7.27. The number of fused-ring (bicyclic) bond motifs is 1. The second-order valence-electron chi connectivity index (χ2n) is 5.41. The summed E-state index contributed by atoms with van der Waals surface area (Å²) in [6, 6.07) is 7.41. The molecule has 0 spiro atoms. The highest BCUT2D eigenvalue weighted by molar-refractivity contribution is 5.97. The molecule has 0 fully saturated rings. The molecule has 1 N–H and O–H groups in total. The van der Waals surface area contributed by atoms with Crippen molar-refractivity contribution in [2.45, 2.75) is 34.1 Å². The molecule has 0 aliphatic carbocycles. The Hall–Kier alpha value is -2.29. The lowest BCUT2D eigenvalue weighted by molar-refractivity contribution is -0.131. The van der Waals surface area contributed by atoms with Crippen LogP contribution in [-0.2, 0) is 11.2 Å². The van der Waals surface area contributed by atoms with Crippen LogP contribution in [0.25, 0.3) is 10.8 Å². The molecule has 0 unspecified atom stereocenters. The predicted molar refractivity (Wildman–Crippen MR) is 84.8 cm³/mol. The van der Waals surface area contributed by atoms with Crippen LogP contribution in [0.3, 0.4) is 0 Å². The lowest BCUT2D eigenvalue weighted by Crippen LogP contribution is -2.06. The summed E-state index contributed by atoms with van der Waals surface area (Å²) in [5.41, 5.74) is 2.78.